The van der Waals surface area contributed by atoms with Crippen molar-refractivity contribution in [2.75, 3.05) is 13.7 Å². The van der Waals surface area contributed by atoms with Crippen LogP contribution < -0.4 is 0 Å². The molecule has 1 rings (SSSR count). The molecular weight excluding hydrogens is 216 g/mol. The summed E-state index contributed by atoms with van der Waals surface area (Å²) in [4.78, 5) is 12.5. The van der Waals surface area contributed by atoms with Crippen LogP contribution in [0.5, 0.6) is 0 Å². The van der Waals surface area contributed by atoms with Gasteiger partial charge in [-0.15, -0.1) is 0 Å². The normalized spacial score (nSPS) is 10.2. The summed E-state index contributed by atoms with van der Waals surface area (Å²) in [5.74, 6) is -1.41. The van der Waals surface area contributed by atoms with Crippen molar-refractivity contribution in [3.8, 4) is 0 Å². The fourth-order valence-corrected chi connectivity index (χ4v) is 1.29. The summed E-state index contributed by atoms with van der Waals surface area (Å²) in [6.45, 7) is -0.267. The Bertz CT molecular complexity index is 382. The zero-order chi connectivity index (χ0) is 12.1. The molecule has 3 nitrogen and oxygen atoms in total. The first-order valence-corrected chi connectivity index (χ1v) is 4.83. The predicted octanol–water partition coefficient (Wildman–Crippen LogP) is 1.31. The lowest BCUT2D eigenvalue weighted by Crippen LogP contribution is -2.27. The topological polar surface area (TPSA) is 40.5 Å². The van der Waals surface area contributed by atoms with Crippen LogP contribution in [0.2, 0.25) is 0 Å². The van der Waals surface area contributed by atoms with E-state index in [1.165, 1.54) is 11.9 Å². The van der Waals surface area contributed by atoms with E-state index in [1.54, 1.807) is 0 Å². The number of nitrogens with zero attached hydrogens (tertiary/aromatic N) is 1. The van der Waals surface area contributed by atoms with Gasteiger partial charge in [0, 0.05) is 25.6 Å². The Morgan fingerprint density at radius 3 is 2.75 bits per heavy atom. The molecule has 0 aliphatic rings. The third kappa shape index (κ3) is 3.27. The van der Waals surface area contributed by atoms with Crippen molar-refractivity contribution in [1.29, 1.82) is 0 Å². The van der Waals surface area contributed by atoms with Gasteiger partial charge in [0.15, 0.2) is 0 Å². The van der Waals surface area contributed by atoms with Crippen molar-refractivity contribution in [3.05, 3.63) is 35.4 Å². The van der Waals surface area contributed by atoms with E-state index in [0.717, 1.165) is 18.2 Å². The largest absolute Gasteiger partial charge is 0.396 e. The Morgan fingerprint density at radius 2 is 2.12 bits per heavy atom. The second-order valence-corrected chi connectivity index (χ2v) is 3.46. The average Bonchev–Trinajstić information content (AvgIpc) is 2.23. The van der Waals surface area contributed by atoms with E-state index < -0.39 is 11.6 Å². The number of rotatable bonds is 4. The second-order valence-electron chi connectivity index (χ2n) is 3.46. The third-order valence-electron chi connectivity index (χ3n) is 2.17. The fourth-order valence-electron chi connectivity index (χ4n) is 1.29. The maximum Gasteiger partial charge on any atom is 0.224 e. The van der Waals surface area contributed by atoms with Crippen LogP contribution in [0.4, 0.5) is 8.78 Å². The molecule has 5 heteroatoms. The molecule has 0 saturated carbocycles. The molecule has 0 saturated heterocycles. The van der Waals surface area contributed by atoms with Crippen molar-refractivity contribution in [3.63, 3.8) is 0 Å². The number of halogens is 2. The zero-order valence-corrected chi connectivity index (χ0v) is 8.91. The van der Waals surface area contributed by atoms with E-state index in [0.29, 0.717) is 0 Å². The van der Waals surface area contributed by atoms with Gasteiger partial charge < -0.3 is 10.0 Å². The Balaban J connectivity index is 2.72. The van der Waals surface area contributed by atoms with Gasteiger partial charge in [0.2, 0.25) is 5.91 Å². The second kappa shape index (κ2) is 5.55. The molecule has 0 aliphatic carbocycles. The molecule has 0 aromatic heterocycles. The van der Waals surface area contributed by atoms with Crippen LogP contribution in [0, 0.1) is 11.6 Å². The van der Waals surface area contributed by atoms with Gasteiger partial charge in [-0.3, -0.25) is 4.79 Å². The van der Waals surface area contributed by atoms with Gasteiger partial charge in [-0.25, -0.2) is 8.78 Å². The molecule has 0 heterocycles. The first-order valence-electron chi connectivity index (χ1n) is 4.83. The van der Waals surface area contributed by atoms with Crippen LogP contribution in [-0.4, -0.2) is 29.6 Å². The summed E-state index contributed by atoms with van der Waals surface area (Å²) in [6, 6.07) is 3.10. The summed E-state index contributed by atoms with van der Waals surface area (Å²) < 4.78 is 26.1. The minimum Gasteiger partial charge on any atom is -0.396 e. The monoisotopic (exact) mass is 229 g/mol. The molecule has 1 N–H and O–H groups in total. The Morgan fingerprint density at radius 1 is 1.44 bits per heavy atom. The lowest BCUT2D eigenvalue weighted by molar-refractivity contribution is -0.131. The predicted molar refractivity (Wildman–Crippen MR) is 54.5 cm³/mol. The van der Waals surface area contributed by atoms with Crippen LogP contribution in [0.15, 0.2) is 18.2 Å². The summed E-state index contributed by atoms with van der Waals surface area (Å²) in [7, 11) is 1.47. The van der Waals surface area contributed by atoms with Crippen LogP contribution in [-0.2, 0) is 11.3 Å². The SMILES string of the molecule is CN(Cc1cc(F)ccc1F)C(=O)CCO. The van der Waals surface area contributed by atoms with E-state index in [4.69, 9.17) is 5.11 Å². The molecular formula is C11H13F2NO2. The van der Waals surface area contributed by atoms with Crippen LogP contribution in [0.25, 0.3) is 0 Å². The molecule has 0 spiro atoms. The smallest absolute Gasteiger partial charge is 0.224 e. The van der Waals surface area contributed by atoms with E-state index in [1.807, 2.05) is 0 Å². The van der Waals surface area contributed by atoms with Crippen molar-refractivity contribution >= 4 is 5.91 Å². The zero-order valence-electron chi connectivity index (χ0n) is 8.91. The molecule has 1 aromatic carbocycles. The van der Waals surface area contributed by atoms with Gasteiger partial charge in [-0.1, -0.05) is 0 Å². The van der Waals surface area contributed by atoms with Gasteiger partial charge in [0.25, 0.3) is 0 Å². The van der Waals surface area contributed by atoms with Crippen molar-refractivity contribution in [2.24, 2.45) is 0 Å². The standard InChI is InChI=1S/C11H13F2NO2/c1-14(11(16)4-5-15)7-8-6-9(12)2-3-10(8)13/h2-3,6,15H,4-5,7H2,1H3. The number of carbonyl (C=O) groups is 1. The van der Waals surface area contributed by atoms with Crippen molar-refractivity contribution in [1.82, 2.24) is 4.90 Å². The number of aliphatic hydroxyl groups excluding tert-OH is 1. The summed E-state index contributed by atoms with van der Waals surface area (Å²) in [5, 5.41) is 8.57. The number of hydrogen-bond acceptors (Lipinski definition) is 2. The maximum absolute atomic E-state index is 13.2. The highest BCUT2D eigenvalue weighted by Crippen LogP contribution is 2.12. The Kier molecular flexibility index (Phi) is 4.37. The van der Waals surface area contributed by atoms with Gasteiger partial charge in [0.05, 0.1) is 6.61 Å². The number of aliphatic hydroxyl groups is 1. The number of hydrogen-bond donors (Lipinski definition) is 1. The summed E-state index contributed by atoms with van der Waals surface area (Å²) >= 11 is 0. The first kappa shape index (κ1) is 12.6. The number of carbonyl (C=O) groups excluding carboxylic acids is 1. The minimum absolute atomic E-state index is 0.0115. The van der Waals surface area contributed by atoms with E-state index in [-0.39, 0.29) is 31.0 Å². The lowest BCUT2D eigenvalue weighted by atomic mass is 10.2. The maximum atomic E-state index is 13.2. The highest BCUT2D eigenvalue weighted by Gasteiger charge is 2.11. The van der Waals surface area contributed by atoms with Crippen molar-refractivity contribution in [2.45, 2.75) is 13.0 Å². The van der Waals surface area contributed by atoms with E-state index in [2.05, 4.69) is 0 Å². The van der Waals surface area contributed by atoms with Crippen LogP contribution in [0.3, 0.4) is 0 Å². The third-order valence-corrected chi connectivity index (χ3v) is 2.17. The molecule has 16 heavy (non-hydrogen) atoms. The number of amides is 1. The molecule has 1 aromatic rings. The van der Waals surface area contributed by atoms with Gasteiger partial charge >= 0.3 is 0 Å². The fraction of sp³-hybridized carbons (Fsp3) is 0.364. The van der Waals surface area contributed by atoms with Gasteiger partial charge in [0.1, 0.15) is 11.6 Å². The highest BCUT2D eigenvalue weighted by molar-refractivity contribution is 5.75. The average molecular weight is 229 g/mol. The quantitative estimate of drug-likeness (QED) is 0.845. The van der Waals surface area contributed by atoms with Crippen LogP contribution >= 0.6 is 0 Å². The molecule has 0 radical (unpaired) electrons. The molecule has 88 valence electrons. The number of benzene rings is 1. The molecule has 0 bridgehead atoms. The molecule has 0 fully saturated rings. The van der Waals surface area contributed by atoms with Gasteiger partial charge in [-0.05, 0) is 18.2 Å². The molecule has 0 atom stereocenters. The summed E-state index contributed by atoms with van der Waals surface area (Å²) in [5.41, 5.74) is 0.119. The minimum atomic E-state index is -0.551. The lowest BCUT2D eigenvalue weighted by Gasteiger charge is -2.17. The highest BCUT2D eigenvalue weighted by atomic mass is 19.1. The van der Waals surface area contributed by atoms with E-state index in [9.17, 15) is 13.6 Å². The van der Waals surface area contributed by atoms with Crippen LogP contribution in [0.1, 0.15) is 12.0 Å². The van der Waals surface area contributed by atoms with E-state index >= 15 is 0 Å². The first-order chi connectivity index (χ1) is 7.54. The molecule has 1 amide bonds. The van der Waals surface area contributed by atoms with Gasteiger partial charge in [-0.2, -0.15) is 0 Å². The Hall–Kier alpha value is -1.49. The molecule has 0 unspecified atom stereocenters. The Labute approximate surface area is 92.3 Å². The van der Waals surface area contributed by atoms with Crippen molar-refractivity contribution < 1.29 is 18.7 Å². The molecule has 0 aliphatic heterocycles. The summed E-state index contributed by atoms with van der Waals surface area (Å²) in [6.07, 6.45) is -0.0204.